The number of nitrogens with one attached hydrogen (secondary N) is 1. The van der Waals surface area contributed by atoms with Gasteiger partial charge in [0.1, 0.15) is 0 Å². The number of amides is 1. The molecule has 0 aliphatic carbocycles. The van der Waals surface area contributed by atoms with Gasteiger partial charge in [0, 0.05) is 36.6 Å². The Morgan fingerprint density at radius 3 is 2.71 bits per heavy atom. The number of anilines is 2. The molecule has 7 nitrogen and oxygen atoms in total. The van der Waals surface area contributed by atoms with Gasteiger partial charge < -0.3 is 10.2 Å². The number of thiazole rings is 1. The van der Waals surface area contributed by atoms with Crippen molar-refractivity contribution in [2.45, 2.75) is 39.7 Å². The Hall–Kier alpha value is -2.74. The fourth-order valence-corrected chi connectivity index (χ4v) is 4.46. The Morgan fingerprint density at radius 2 is 2.04 bits per heavy atom. The summed E-state index contributed by atoms with van der Waals surface area (Å²) < 4.78 is 1.69. The average molecular weight is 397 g/mol. The maximum atomic E-state index is 13.1. The molecule has 0 unspecified atom stereocenters. The number of carbonyl (C=O) groups excluding carboxylic acids is 1. The minimum Gasteiger partial charge on any atom is -0.331 e. The van der Waals surface area contributed by atoms with E-state index in [0.29, 0.717) is 5.56 Å². The summed E-state index contributed by atoms with van der Waals surface area (Å²) in [6, 6.07) is 4.02. The Morgan fingerprint density at radius 1 is 1.21 bits per heavy atom. The largest absolute Gasteiger partial charge is 0.331 e. The van der Waals surface area contributed by atoms with Crippen molar-refractivity contribution >= 4 is 28.1 Å². The van der Waals surface area contributed by atoms with Gasteiger partial charge in [-0.1, -0.05) is 0 Å². The third-order valence-electron chi connectivity index (χ3n) is 4.94. The molecule has 8 heteroatoms. The van der Waals surface area contributed by atoms with E-state index in [0.717, 1.165) is 53.0 Å². The van der Waals surface area contributed by atoms with Crippen LogP contribution in [0.1, 0.15) is 52.0 Å². The molecule has 0 radical (unpaired) electrons. The molecule has 3 aromatic heterocycles. The van der Waals surface area contributed by atoms with Crippen LogP contribution in [0.3, 0.4) is 0 Å². The molecule has 0 saturated carbocycles. The number of carbonyl (C=O) groups is 1. The van der Waals surface area contributed by atoms with Crippen molar-refractivity contribution in [2.75, 3.05) is 11.9 Å². The molecule has 4 rings (SSSR count). The molecule has 1 N–H and O–H groups in total. The first-order chi connectivity index (χ1) is 13.4. The summed E-state index contributed by atoms with van der Waals surface area (Å²) in [6.07, 6.45) is 3.69. The van der Waals surface area contributed by atoms with Crippen molar-refractivity contribution in [2.24, 2.45) is 7.05 Å². The predicted molar refractivity (Wildman–Crippen MR) is 110 cm³/mol. The molecule has 1 saturated heterocycles. The molecule has 0 bridgehead atoms. The summed E-state index contributed by atoms with van der Waals surface area (Å²) in [5, 5.41) is 10.6. The average Bonchev–Trinajstić information content (AvgIpc) is 3.34. The first-order valence-electron chi connectivity index (χ1n) is 9.39. The van der Waals surface area contributed by atoms with Crippen LogP contribution in [-0.2, 0) is 7.05 Å². The highest BCUT2D eigenvalue weighted by Crippen LogP contribution is 2.34. The molecule has 1 fully saturated rings. The number of likely N-dealkylation sites (tertiary alicyclic amines) is 1. The van der Waals surface area contributed by atoms with Gasteiger partial charge in [0.15, 0.2) is 5.13 Å². The molecule has 3 aromatic rings. The van der Waals surface area contributed by atoms with Gasteiger partial charge in [0.25, 0.3) is 5.91 Å². The van der Waals surface area contributed by atoms with Crippen molar-refractivity contribution in [3.05, 3.63) is 52.0 Å². The Balaban J connectivity index is 1.62. The summed E-state index contributed by atoms with van der Waals surface area (Å²) >= 11 is 1.58. The second-order valence-corrected chi connectivity index (χ2v) is 8.16. The lowest BCUT2D eigenvalue weighted by molar-refractivity contribution is 0.0732. The summed E-state index contributed by atoms with van der Waals surface area (Å²) in [5.41, 5.74) is 5.22. The number of rotatable bonds is 4. The fourth-order valence-electron chi connectivity index (χ4n) is 3.75. The zero-order chi connectivity index (χ0) is 19.8. The second-order valence-electron chi connectivity index (χ2n) is 7.30. The van der Waals surface area contributed by atoms with Crippen LogP contribution in [0.25, 0.3) is 0 Å². The molecule has 1 aliphatic heterocycles. The Labute approximate surface area is 168 Å². The van der Waals surface area contributed by atoms with Crippen molar-refractivity contribution in [1.82, 2.24) is 24.6 Å². The van der Waals surface area contributed by atoms with Crippen molar-refractivity contribution in [1.29, 1.82) is 0 Å². The van der Waals surface area contributed by atoms with Gasteiger partial charge in [-0.3, -0.25) is 14.5 Å². The number of hydrogen-bond donors (Lipinski definition) is 1. The van der Waals surface area contributed by atoms with E-state index >= 15 is 0 Å². The Kier molecular flexibility index (Phi) is 4.89. The maximum Gasteiger partial charge on any atom is 0.257 e. The lowest BCUT2D eigenvalue weighted by atomic mass is 10.1. The topological polar surface area (TPSA) is 75.9 Å². The van der Waals surface area contributed by atoms with E-state index in [1.54, 1.807) is 22.2 Å². The zero-order valence-corrected chi connectivity index (χ0v) is 17.4. The van der Waals surface area contributed by atoms with Crippen LogP contribution in [0.15, 0.2) is 23.7 Å². The van der Waals surface area contributed by atoms with Crippen LogP contribution in [0, 0.1) is 20.8 Å². The summed E-state index contributed by atoms with van der Waals surface area (Å²) in [7, 11) is 1.84. The molecule has 1 amide bonds. The van der Waals surface area contributed by atoms with Gasteiger partial charge in [0.05, 0.1) is 28.7 Å². The van der Waals surface area contributed by atoms with Gasteiger partial charge >= 0.3 is 0 Å². The van der Waals surface area contributed by atoms with Crippen molar-refractivity contribution in [3.63, 3.8) is 0 Å². The number of aromatic nitrogens is 4. The van der Waals surface area contributed by atoms with Crippen LogP contribution in [0.5, 0.6) is 0 Å². The van der Waals surface area contributed by atoms with Gasteiger partial charge in [0.2, 0.25) is 0 Å². The smallest absolute Gasteiger partial charge is 0.257 e. The molecule has 28 heavy (non-hydrogen) atoms. The molecule has 1 atom stereocenters. The highest BCUT2D eigenvalue weighted by Gasteiger charge is 2.33. The fraction of sp³-hybridized carbons (Fsp3) is 0.400. The van der Waals surface area contributed by atoms with Crippen LogP contribution < -0.4 is 5.32 Å². The van der Waals surface area contributed by atoms with Gasteiger partial charge in [-0.15, -0.1) is 11.3 Å². The lowest BCUT2D eigenvalue weighted by Gasteiger charge is -2.25. The van der Waals surface area contributed by atoms with Crippen LogP contribution in [0.2, 0.25) is 0 Å². The molecule has 1 aliphatic rings. The second kappa shape index (κ2) is 7.35. The molecule has 0 aromatic carbocycles. The number of pyridine rings is 1. The van der Waals surface area contributed by atoms with Crippen LogP contribution in [0.4, 0.5) is 10.8 Å². The standard InChI is InChI=1S/C20H24N6OS/c1-12-8-15(23-20-22-13(2)11-28-20)9-17(21-12)18-6-5-7-26(18)19(27)16-10-25(4)24-14(16)3/h8-11,18H,5-7H2,1-4H3,(H,21,22,23)/t18-/m0/s1. The Bertz CT molecular complexity index is 1020. The number of hydrogen-bond acceptors (Lipinski definition) is 6. The van der Waals surface area contributed by atoms with E-state index in [1.165, 1.54) is 0 Å². The minimum absolute atomic E-state index is 0.0226. The monoisotopic (exact) mass is 396 g/mol. The number of aryl methyl sites for hydroxylation is 4. The normalized spacial score (nSPS) is 16.6. The van der Waals surface area contributed by atoms with Crippen LogP contribution >= 0.6 is 11.3 Å². The predicted octanol–water partition coefficient (Wildman–Crippen LogP) is 3.92. The quantitative estimate of drug-likeness (QED) is 0.723. The first-order valence-corrected chi connectivity index (χ1v) is 10.3. The van der Waals surface area contributed by atoms with E-state index in [9.17, 15) is 4.79 Å². The third kappa shape index (κ3) is 3.64. The lowest BCUT2D eigenvalue weighted by Crippen LogP contribution is -2.31. The molecule has 0 spiro atoms. The third-order valence-corrected chi connectivity index (χ3v) is 5.82. The first kappa shape index (κ1) is 18.6. The van der Waals surface area contributed by atoms with Crippen LogP contribution in [-0.4, -0.2) is 37.1 Å². The van der Waals surface area contributed by atoms with E-state index < -0.39 is 0 Å². The highest BCUT2D eigenvalue weighted by atomic mass is 32.1. The summed E-state index contributed by atoms with van der Waals surface area (Å²) in [6.45, 7) is 6.57. The molecule has 4 heterocycles. The number of nitrogens with zero attached hydrogens (tertiary/aromatic N) is 5. The molecule has 146 valence electrons. The molecular formula is C20H24N6OS. The summed E-state index contributed by atoms with van der Waals surface area (Å²) in [4.78, 5) is 24.3. The maximum absolute atomic E-state index is 13.1. The highest BCUT2D eigenvalue weighted by molar-refractivity contribution is 7.13. The van der Waals surface area contributed by atoms with E-state index in [2.05, 4.69) is 15.4 Å². The molecular weight excluding hydrogens is 372 g/mol. The summed E-state index contributed by atoms with van der Waals surface area (Å²) in [5.74, 6) is 0.0291. The van der Waals surface area contributed by atoms with E-state index in [4.69, 9.17) is 4.98 Å². The van der Waals surface area contributed by atoms with E-state index in [1.807, 2.05) is 50.2 Å². The van der Waals surface area contributed by atoms with E-state index in [-0.39, 0.29) is 11.9 Å². The minimum atomic E-state index is -0.0226. The van der Waals surface area contributed by atoms with Gasteiger partial charge in [-0.25, -0.2) is 4.98 Å². The van der Waals surface area contributed by atoms with Crippen molar-refractivity contribution < 1.29 is 4.79 Å². The van der Waals surface area contributed by atoms with Gasteiger partial charge in [-0.2, -0.15) is 5.10 Å². The van der Waals surface area contributed by atoms with Gasteiger partial charge in [-0.05, 0) is 45.7 Å². The zero-order valence-electron chi connectivity index (χ0n) is 16.6. The SMILES string of the molecule is Cc1cc(Nc2nc(C)cs2)cc([C@@H]2CCCN2C(=O)c2cn(C)nc2C)n1. The van der Waals surface area contributed by atoms with Crippen molar-refractivity contribution in [3.8, 4) is 0 Å².